The molecule has 4 fully saturated rings. The summed E-state index contributed by atoms with van der Waals surface area (Å²) in [6, 6.07) is -1.19. The van der Waals surface area contributed by atoms with Gasteiger partial charge < -0.3 is 64.2 Å². The van der Waals surface area contributed by atoms with E-state index in [9.17, 15) is 35.1 Å². The van der Waals surface area contributed by atoms with Crippen LogP contribution in [0.1, 0.15) is 84.3 Å². The molecule has 5 rings (SSSR count). The number of nitrogens with one attached hydrogen (secondary N) is 1. The third-order valence-corrected chi connectivity index (χ3v) is 11.3. The van der Waals surface area contributed by atoms with Gasteiger partial charge in [0, 0.05) is 20.7 Å². The first-order valence-corrected chi connectivity index (χ1v) is 19.9. The molecule has 18 heteroatoms. The fourth-order valence-corrected chi connectivity index (χ4v) is 8.14. The van der Waals surface area contributed by atoms with Crippen LogP contribution in [-0.2, 0) is 51.2 Å². The number of hydrogen-bond donors (Lipinski definition) is 6. The molecule has 0 aromatic carbocycles. The second-order valence-electron chi connectivity index (χ2n) is 15.8. The minimum Gasteiger partial charge on any atom is -0.394 e. The molecule has 0 bridgehead atoms. The first-order chi connectivity index (χ1) is 26.3. The van der Waals surface area contributed by atoms with Crippen molar-refractivity contribution in [1.29, 1.82) is 0 Å². The third kappa shape index (κ3) is 11.2. The van der Waals surface area contributed by atoms with Gasteiger partial charge in [0.1, 0.15) is 61.0 Å². The highest BCUT2D eigenvalue weighted by Gasteiger charge is 2.51. The van der Waals surface area contributed by atoms with Crippen molar-refractivity contribution in [3.05, 3.63) is 11.9 Å². The number of hydrogen-bond acceptors (Lipinski definition) is 15. The van der Waals surface area contributed by atoms with E-state index in [0.717, 1.165) is 44.9 Å². The summed E-state index contributed by atoms with van der Waals surface area (Å²) < 4.78 is 38.3. The standard InChI is InChI=1S/C37H63N5O13/c1-6-50-19-23-16-42(40-39-23)17-27(44)38-28-34(52-25(35(49)41(4)5)15-22-12-8-7-9-13-22)30(46)26(18-43)54-36(28)53-24-14-10-11-20(2)33(24)55-37-32(48)31(47)29(45)21(3)51-37/h16,20-22,24-26,28-34,36-37,43,45-48H,6-15,17-19H2,1-5H3,(H,38,44)/t20-,21?,24-,25+,26?,28?,29-,30+,31+,32?,33?,34?,36-,37+/m1/s1. The lowest BCUT2D eigenvalue weighted by atomic mass is 9.84. The van der Waals surface area contributed by atoms with Crippen molar-refractivity contribution >= 4 is 11.8 Å². The molecule has 0 radical (unpaired) electrons. The topological polar surface area (TPSA) is 237 Å². The molecule has 2 aliphatic heterocycles. The van der Waals surface area contributed by atoms with Crippen LogP contribution >= 0.6 is 0 Å². The number of likely N-dealkylation sites (N-methyl/N-ethyl adjacent to an activating group) is 1. The Balaban J connectivity index is 1.43. The molecule has 3 heterocycles. The SMILES string of the molecule is CCOCc1cn(CC(=O)NC2C(O[C@@H](CC3CCCCC3)C(=O)N(C)C)[C@@H](O)C(CO)O[C@H]2O[C@@H]2CCC[C@@H](C)C2O[C@@H]2OC(C)[C@@H](O)[C@H](O)C2O)nn1. The van der Waals surface area contributed by atoms with E-state index < -0.39 is 92.2 Å². The van der Waals surface area contributed by atoms with E-state index in [1.54, 1.807) is 27.2 Å². The van der Waals surface area contributed by atoms with Gasteiger partial charge in [0.15, 0.2) is 12.6 Å². The number of aromatic nitrogens is 3. The average molecular weight is 786 g/mol. The van der Waals surface area contributed by atoms with Crippen LogP contribution in [0.5, 0.6) is 0 Å². The molecule has 18 nitrogen and oxygen atoms in total. The zero-order valence-corrected chi connectivity index (χ0v) is 32.7. The van der Waals surface area contributed by atoms with Crippen LogP contribution in [0.15, 0.2) is 6.20 Å². The zero-order valence-electron chi connectivity index (χ0n) is 32.7. The predicted octanol–water partition coefficient (Wildman–Crippen LogP) is -0.392. The Hall–Kier alpha value is -2.36. The first-order valence-electron chi connectivity index (χ1n) is 19.9. The van der Waals surface area contributed by atoms with Gasteiger partial charge in [-0.05, 0) is 44.9 Å². The van der Waals surface area contributed by atoms with E-state index in [1.807, 2.05) is 13.8 Å². The second-order valence-corrected chi connectivity index (χ2v) is 15.8. The summed E-state index contributed by atoms with van der Waals surface area (Å²) in [6.45, 7) is 5.22. The third-order valence-electron chi connectivity index (χ3n) is 11.3. The molecule has 2 saturated heterocycles. The second kappa shape index (κ2) is 20.4. The molecule has 1 aromatic heterocycles. The summed E-state index contributed by atoms with van der Waals surface area (Å²) in [4.78, 5) is 28.9. The van der Waals surface area contributed by atoms with Crippen molar-refractivity contribution in [2.45, 2.75) is 171 Å². The number of aliphatic hydroxyl groups excluding tert-OH is 5. The van der Waals surface area contributed by atoms with Gasteiger partial charge in [-0.25, -0.2) is 4.68 Å². The van der Waals surface area contributed by atoms with Crippen LogP contribution in [-0.4, -0.2) is 164 Å². The van der Waals surface area contributed by atoms with Crippen molar-refractivity contribution in [3.8, 4) is 0 Å². The van der Waals surface area contributed by atoms with Crippen LogP contribution in [0.3, 0.4) is 0 Å². The summed E-state index contributed by atoms with van der Waals surface area (Å²) >= 11 is 0. The van der Waals surface area contributed by atoms with Gasteiger partial charge in [0.25, 0.3) is 5.91 Å². The number of ether oxygens (including phenoxy) is 6. The summed E-state index contributed by atoms with van der Waals surface area (Å²) in [5.41, 5.74) is 0.535. The van der Waals surface area contributed by atoms with Crippen LogP contribution in [0.2, 0.25) is 0 Å². The molecule has 2 saturated carbocycles. The quantitative estimate of drug-likeness (QED) is 0.125. The highest BCUT2D eigenvalue weighted by molar-refractivity contribution is 5.80. The van der Waals surface area contributed by atoms with Gasteiger partial charge in [-0.3, -0.25) is 9.59 Å². The van der Waals surface area contributed by atoms with E-state index in [-0.39, 0.29) is 30.9 Å². The molecule has 6 N–H and O–H groups in total. The number of carbonyl (C=O) groups is 2. The maximum Gasteiger partial charge on any atom is 0.251 e. The minimum absolute atomic E-state index is 0.118. The normalized spacial score (nSPS) is 36.7. The summed E-state index contributed by atoms with van der Waals surface area (Å²) in [6.07, 6.45) is -4.97. The molecule has 1 aromatic rings. The smallest absolute Gasteiger partial charge is 0.251 e. The summed E-state index contributed by atoms with van der Waals surface area (Å²) in [7, 11) is 3.27. The molecular formula is C37H63N5O13. The zero-order chi connectivity index (χ0) is 39.8. The Morgan fingerprint density at radius 2 is 1.69 bits per heavy atom. The fourth-order valence-electron chi connectivity index (χ4n) is 8.14. The maximum atomic E-state index is 13.8. The van der Waals surface area contributed by atoms with E-state index in [0.29, 0.717) is 25.1 Å². The number of amides is 2. The molecule has 14 atom stereocenters. The lowest BCUT2D eigenvalue weighted by molar-refractivity contribution is -0.336. The number of rotatable bonds is 16. The molecule has 6 unspecified atom stereocenters. The van der Waals surface area contributed by atoms with Crippen LogP contribution in [0, 0.1) is 11.8 Å². The van der Waals surface area contributed by atoms with Gasteiger partial charge in [0.2, 0.25) is 5.91 Å². The van der Waals surface area contributed by atoms with Crippen molar-refractivity contribution in [1.82, 2.24) is 25.2 Å². The van der Waals surface area contributed by atoms with Gasteiger partial charge in [-0.2, -0.15) is 0 Å². The lowest BCUT2D eigenvalue weighted by Gasteiger charge is -2.48. The molecule has 0 spiro atoms. The van der Waals surface area contributed by atoms with Gasteiger partial charge >= 0.3 is 0 Å². The van der Waals surface area contributed by atoms with E-state index in [4.69, 9.17) is 28.4 Å². The van der Waals surface area contributed by atoms with Crippen LogP contribution in [0.25, 0.3) is 0 Å². The van der Waals surface area contributed by atoms with Crippen molar-refractivity contribution in [2.24, 2.45) is 11.8 Å². The number of carbonyl (C=O) groups excluding carboxylic acids is 2. The van der Waals surface area contributed by atoms with Crippen molar-refractivity contribution < 1.29 is 63.5 Å². The highest BCUT2D eigenvalue weighted by atomic mass is 16.7. The maximum absolute atomic E-state index is 13.8. The Kier molecular flexibility index (Phi) is 16.2. The van der Waals surface area contributed by atoms with Crippen molar-refractivity contribution in [3.63, 3.8) is 0 Å². The molecule has 2 aliphatic carbocycles. The Labute approximate surface area is 322 Å². The number of nitrogens with zero attached hydrogens (tertiary/aromatic N) is 4. The molecule has 55 heavy (non-hydrogen) atoms. The lowest BCUT2D eigenvalue weighted by Crippen LogP contribution is -2.67. The summed E-state index contributed by atoms with van der Waals surface area (Å²) in [5, 5.41) is 64.7. The molecule has 314 valence electrons. The summed E-state index contributed by atoms with van der Waals surface area (Å²) in [5.74, 6) is -0.717. The number of aliphatic hydroxyl groups is 5. The van der Waals surface area contributed by atoms with Gasteiger partial charge in [-0.15, -0.1) is 5.10 Å². The Morgan fingerprint density at radius 1 is 0.945 bits per heavy atom. The largest absolute Gasteiger partial charge is 0.394 e. The first kappa shape index (κ1) is 43.8. The van der Waals surface area contributed by atoms with E-state index >= 15 is 0 Å². The molecular weight excluding hydrogens is 722 g/mol. The van der Waals surface area contributed by atoms with E-state index in [1.165, 1.54) is 9.58 Å². The van der Waals surface area contributed by atoms with Gasteiger partial charge in [-0.1, -0.05) is 50.7 Å². The minimum atomic E-state index is -1.54. The van der Waals surface area contributed by atoms with Crippen LogP contribution < -0.4 is 5.32 Å². The highest BCUT2D eigenvalue weighted by Crippen LogP contribution is 2.36. The Bertz CT molecular complexity index is 1350. The van der Waals surface area contributed by atoms with Crippen LogP contribution in [0.4, 0.5) is 0 Å². The average Bonchev–Trinajstić information content (AvgIpc) is 3.61. The van der Waals surface area contributed by atoms with E-state index in [2.05, 4.69) is 15.6 Å². The fraction of sp³-hybridized carbons (Fsp3) is 0.892. The predicted molar refractivity (Wildman–Crippen MR) is 193 cm³/mol. The Morgan fingerprint density at radius 3 is 2.38 bits per heavy atom. The van der Waals surface area contributed by atoms with Gasteiger partial charge in [0.05, 0.1) is 37.7 Å². The van der Waals surface area contributed by atoms with Crippen molar-refractivity contribution in [2.75, 3.05) is 27.3 Å². The molecule has 4 aliphatic rings. The molecule has 2 amide bonds. The monoisotopic (exact) mass is 785 g/mol.